The minimum Gasteiger partial charge on any atom is -0.507 e. The van der Waals surface area contributed by atoms with Gasteiger partial charge < -0.3 is 10.0 Å². The molecule has 1 N–H and O–H groups in total. The number of phenolic OH excluding ortho intramolecular Hbond substituents is 1. The molecule has 2 heterocycles. The zero-order valence-electron chi connectivity index (χ0n) is 21.2. The van der Waals surface area contributed by atoms with Crippen LogP contribution in [0.1, 0.15) is 57.2 Å². The van der Waals surface area contributed by atoms with Gasteiger partial charge in [0, 0.05) is 36.8 Å². The fourth-order valence-electron chi connectivity index (χ4n) is 4.63. The SMILES string of the molecule is CC.CCN(CC)C1CCN(Cc2cc(C#CCN3CCS(=O)(=O)CC3)cc(C)c2O)CC1. The lowest BCUT2D eigenvalue weighted by atomic mass is 10.0. The summed E-state index contributed by atoms with van der Waals surface area (Å²) in [5.41, 5.74) is 2.70. The van der Waals surface area contributed by atoms with E-state index in [0.717, 1.165) is 49.4 Å². The molecule has 2 aliphatic rings. The molecule has 7 heteroatoms. The Kier molecular flexibility index (Phi) is 11.2. The fourth-order valence-corrected chi connectivity index (χ4v) is 5.91. The van der Waals surface area contributed by atoms with E-state index < -0.39 is 9.84 Å². The van der Waals surface area contributed by atoms with Crippen molar-refractivity contribution < 1.29 is 13.5 Å². The van der Waals surface area contributed by atoms with Gasteiger partial charge in [-0.05, 0) is 63.6 Å². The average molecular weight is 478 g/mol. The van der Waals surface area contributed by atoms with Crippen LogP contribution in [0.25, 0.3) is 0 Å². The lowest BCUT2D eigenvalue weighted by Crippen LogP contribution is -2.44. The number of likely N-dealkylation sites (tertiary alicyclic amines) is 1. The van der Waals surface area contributed by atoms with E-state index in [2.05, 4.69) is 40.4 Å². The number of rotatable bonds is 6. The lowest BCUT2D eigenvalue weighted by Gasteiger charge is -2.37. The molecule has 0 spiro atoms. The number of benzene rings is 1. The van der Waals surface area contributed by atoms with Crippen LogP contribution in [0.5, 0.6) is 5.75 Å². The monoisotopic (exact) mass is 477 g/mol. The van der Waals surface area contributed by atoms with Gasteiger partial charge in [0.05, 0.1) is 18.1 Å². The molecular weight excluding hydrogens is 434 g/mol. The third-order valence-electron chi connectivity index (χ3n) is 6.63. The van der Waals surface area contributed by atoms with Crippen LogP contribution in [0.2, 0.25) is 0 Å². The van der Waals surface area contributed by atoms with Crippen molar-refractivity contribution in [3.05, 3.63) is 28.8 Å². The maximum absolute atomic E-state index is 11.6. The highest BCUT2D eigenvalue weighted by Gasteiger charge is 2.24. The first-order valence-corrected chi connectivity index (χ1v) is 14.3. The largest absolute Gasteiger partial charge is 0.507 e. The Morgan fingerprint density at radius 2 is 1.64 bits per heavy atom. The second-order valence-corrected chi connectivity index (χ2v) is 11.1. The Hall–Kier alpha value is -1.59. The molecule has 0 radical (unpaired) electrons. The van der Waals surface area contributed by atoms with Crippen LogP contribution in [0, 0.1) is 18.8 Å². The second kappa shape index (κ2) is 13.3. The molecule has 6 nitrogen and oxygen atoms in total. The maximum Gasteiger partial charge on any atom is 0.152 e. The predicted octanol–water partition coefficient (Wildman–Crippen LogP) is 3.11. The first-order valence-electron chi connectivity index (χ1n) is 12.5. The van der Waals surface area contributed by atoms with E-state index in [0.29, 0.717) is 31.4 Å². The van der Waals surface area contributed by atoms with Crippen LogP contribution in [0.4, 0.5) is 0 Å². The van der Waals surface area contributed by atoms with Crippen LogP contribution < -0.4 is 0 Å². The number of aromatic hydroxyl groups is 1. The molecule has 0 bridgehead atoms. The summed E-state index contributed by atoms with van der Waals surface area (Å²) in [7, 11) is -2.86. The van der Waals surface area contributed by atoms with Crippen molar-refractivity contribution in [1.82, 2.24) is 14.7 Å². The Labute approximate surface area is 201 Å². The summed E-state index contributed by atoms with van der Waals surface area (Å²) in [6.07, 6.45) is 2.35. The van der Waals surface area contributed by atoms with Crippen LogP contribution in [0.15, 0.2) is 12.1 Å². The molecule has 0 saturated carbocycles. The number of piperidine rings is 1. The minimum absolute atomic E-state index is 0.224. The molecule has 3 rings (SSSR count). The predicted molar refractivity (Wildman–Crippen MR) is 137 cm³/mol. The van der Waals surface area contributed by atoms with Gasteiger partial charge in [-0.2, -0.15) is 0 Å². The molecule has 186 valence electrons. The molecule has 1 aromatic carbocycles. The number of nitrogens with zero attached hydrogens (tertiary/aromatic N) is 3. The Morgan fingerprint density at radius 3 is 2.21 bits per heavy atom. The summed E-state index contributed by atoms with van der Waals surface area (Å²) in [4.78, 5) is 7.06. The second-order valence-electron chi connectivity index (χ2n) is 8.76. The van der Waals surface area contributed by atoms with Gasteiger partial charge in [-0.1, -0.05) is 39.5 Å². The van der Waals surface area contributed by atoms with Crippen LogP contribution in [-0.2, 0) is 16.4 Å². The van der Waals surface area contributed by atoms with Crippen molar-refractivity contribution in [3.63, 3.8) is 0 Å². The van der Waals surface area contributed by atoms with Gasteiger partial charge in [0.25, 0.3) is 0 Å². The number of hydrogen-bond acceptors (Lipinski definition) is 6. The highest BCUT2D eigenvalue weighted by molar-refractivity contribution is 7.91. The van der Waals surface area contributed by atoms with E-state index in [-0.39, 0.29) is 11.5 Å². The van der Waals surface area contributed by atoms with Crippen LogP contribution in [-0.4, -0.2) is 91.6 Å². The van der Waals surface area contributed by atoms with E-state index in [1.54, 1.807) is 0 Å². The maximum atomic E-state index is 11.6. The normalized spacial score (nSPS) is 19.5. The van der Waals surface area contributed by atoms with Gasteiger partial charge in [-0.25, -0.2) is 8.42 Å². The first kappa shape index (κ1) is 27.7. The summed E-state index contributed by atoms with van der Waals surface area (Å²) < 4.78 is 23.1. The van der Waals surface area contributed by atoms with Gasteiger partial charge in [0.1, 0.15) is 5.75 Å². The van der Waals surface area contributed by atoms with Gasteiger partial charge >= 0.3 is 0 Å². The van der Waals surface area contributed by atoms with Gasteiger partial charge in [-0.3, -0.25) is 9.80 Å². The van der Waals surface area contributed by atoms with Crippen molar-refractivity contribution in [2.75, 3.05) is 57.3 Å². The quantitative estimate of drug-likeness (QED) is 0.635. The van der Waals surface area contributed by atoms with Gasteiger partial charge in [0.2, 0.25) is 0 Å². The summed E-state index contributed by atoms with van der Waals surface area (Å²) in [5, 5.41) is 10.6. The van der Waals surface area contributed by atoms with Crippen molar-refractivity contribution in [2.24, 2.45) is 0 Å². The minimum atomic E-state index is -2.86. The Balaban J connectivity index is 0.00000187. The standard InChI is InChI=1S/C24H37N3O3S.C2H6/c1-4-27(5-2)23-8-11-26(12-9-23)19-22-18-21(17-20(3)24(22)28)7-6-10-25-13-15-31(29,30)16-14-25;1-2/h17-18,23,28H,4-5,8-16,19H2,1-3H3;1-2H3. The van der Waals surface area contributed by atoms with Gasteiger partial charge in [0.15, 0.2) is 9.84 Å². The smallest absolute Gasteiger partial charge is 0.152 e. The molecule has 33 heavy (non-hydrogen) atoms. The van der Waals surface area contributed by atoms with Crippen LogP contribution >= 0.6 is 0 Å². The van der Waals surface area contributed by atoms with Crippen molar-refractivity contribution in [2.45, 2.75) is 60.0 Å². The number of hydrogen-bond donors (Lipinski definition) is 1. The van der Waals surface area contributed by atoms with E-state index in [1.807, 2.05) is 32.9 Å². The summed E-state index contributed by atoms with van der Waals surface area (Å²) in [6, 6.07) is 4.61. The van der Waals surface area contributed by atoms with E-state index >= 15 is 0 Å². The van der Waals surface area contributed by atoms with E-state index in [9.17, 15) is 13.5 Å². The molecule has 0 aromatic heterocycles. The first-order chi connectivity index (χ1) is 15.8. The molecule has 0 unspecified atom stereocenters. The fraction of sp³-hybridized carbons (Fsp3) is 0.692. The number of phenols is 1. The molecule has 0 atom stereocenters. The molecule has 2 saturated heterocycles. The molecule has 2 fully saturated rings. The zero-order chi connectivity index (χ0) is 24.4. The molecular formula is C26H43N3O3S. The third-order valence-corrected chi connectivity index (χ3v) is 8.24. The Morgan fingerprint density at radius 1 is 1.03 bits per heavy atom. The Bertz CT molecular complexity index is 895. The van der Waals surface area contributed by atoms with Gasteiger partial charge in [-0.15, -0.1) is 0 Å². The van der Waals surface area contributed by atoms with Crippen LogP contribution in [0.3, 0.4) is 0 Å². The topological polar surface area (TPSA) is 64.1 Å². The average Bonchev–Trinajstić information content (AvgIpc) is 2.81. The van der Waals surface area contributed by atoms with E-state index in [1.165, 1.54) is 12.8 Å². The highest BCUT2D eigenvalue weighted by atomic mass is 32.2. The summed E-state index contributed by atoms with van der Waals surface area (Å²) in [5.74, 6) is 7.23. The zero-order valence-corrected chi connectivity index (χ0v) is 22.0. The highest BCUT2D eigenvalue weighted by Crippen LogP contribution is 2.27. The number of aryl methyl sites for hydroxylation is 1. The third kappa shape index (κ3) is 8.29. The lowest BCUT2D eigenvalue weighted by molar-refractivity contribution is 0.112. The summed E-state index contributed by atoms with van der Waals surface area (Å²) >= 11 is 0. The van der Waals surface area contributed by atoms with Crippen molar-refractivity contribution >= 4 is 9.84 Å². The molecule has 0 amide bonds. The molecule has 2 aliphatic heterocycles. The molecule has 1 aromatic rings. The summed E-state index contributed by atoms with van der Waals surface area (Å²) in [6.45, 7) is 17.1. The van der Waals surface area contributed by atoms with E-state index in [4.69, 9.17) is 0 Å². The van der Waals surface area contributed by atoms with Crippen molar-refractivity contribution in [1.29, 1.82) is 0 Å². The van der Waals surface area contributed by atoms with Crippen molar-refractivity contribution in [3.8, 4) is 17.6 Å². The number of sulfone groups is 1. The molecule has 0 aliphatic carbocycles.